The van der Waals surface area contributed by atoms with Gasteiger partial charge in [-0.25, -0.2) is 0 Å². The number of nitrogens with zero attached hydrogens (tertiary/aromatic N) is 2. The van der Waals surface area contributed by atoms with Gasteiger partial charge in [-0.05, 0) is 38.2 Å². The standard InChI is InChI=1S/C15H18N2OS/c1-17(2)10-12(18)7-6-11-8-9-16-15-13(11)4-3-5-14(15)19/h3-5,8-9,19H,6-7,10H2,1-2H3. The van der Waals surface area contributed by atoms with Crippen molar-refractivity contribution in [3.8, 4) is 0 Å². The second kappa shape index (κ2) is 6.17. The fraction of sp³-hybridized carbons (Fsp3) is 0.333. The van der Waals surface area contributed by atoms with E-state index in [4.69, 9.17) is 0 Å². The normalized spacial score (nSPS) is 11.2. The molecule has 0 saturated heterocycles. The fourth-order valence-electron chi connectivity index (χ4n) is 2.14. The van der Waals surface area contributed by atoms with Gasteiger partial charge in [-0.2, -0.15) is 0 Å². The number of aryl methyl sites for hydroxylation is 1. The topological polar surface area (TPSA) is 33.2 Å². The molecule has 0 amide bonds. The molecule has 4 heteroatoms. The van der Waals surface area contributed by atoms with E-state index in [1.54, 1.807) is 6.20 Å². The number of benzene rings is 1. The molecule has 0 aliphatic rings. The molecule has 0 saturated carbocycles. The van der Waals surface area contributed by atoms with Crippen LogP contribution in [0.25, 0.3) is 10.9 Å². The monoisotopic (exact) mass is 274 g/mol. The number of para-hydroxylation sites is 1. The smallest absolute Gasteiger partial charge is 0.147 e. The summed E-state index contributed by atoms with van der Waals surface area (Å²) in [6.45, 7) is 0.501. The minimum atomic E-state index is 0.261. The number of pyridine rings is 1. The van der Waals surface area contributed by atoms with Crippen LogP contribution in [0.1, 0.15) is 12.0 Å². The molecule has 0 aliphatic heterocycles. The minimum Gasteiger partial charge on any atom is -0.302 e. The number of hydrogen-bond acceptors (Lipinski definition) is 4. The molecule has 0 N–H and O–H groups in total. The van der Waals surface area contributed by atoms with Gasteiger partial charge in [-0.15, -0.1) is 12.6 Å². The van der Waals surface area contributed by atoms with E-state index < -0.39 is 0 Å². The van der Waals surface area contributed by atoms with E-state index in [9.17, 15) is 4.79 Å². The van der Waals surface area contributed by atoms with Gasteiger partial charge < -0.3 is 4.90 Å². The molecule has 19 heavy (non-hydrogen) atoms. The number of carbonyl (C=O) groups is 1. The summed E-state index contributed by atoms with van der Waals surface area (Å²) < 4.78 is 0. The lowest BCUT2D eigenvalue weighted by Crippen LogP contribution is -2.21. The number of fused-ring (bicyclic) bond motifs is 1. The van der Waals surface area contributed by atoms with Gasteiger partial charge in [0.05, 0.1) is 12.1 Å². The van der Waals surface area contributed by atoms with E-state index >= 15 is 0 Å². The maximum Gasteiger partial charge on any atom is 0.147 e. The Bertz CT molecular complexity index is 596. The number of ketones is 1. The predicted molar refractivity (Wildman–Crippen MR) is 80.9 cm³/mol. The third-order valence-electron chi connectivity index (χ3n) is 3.01. The van der Waals surface area contributed by atoms with Crippen molar-refractivity contribution >= 4 is 29.3 Å². The van der Waals surface area contributed by atoms with E-state index in [0.717, 1.165) is 27.8 Å². The number of Topliss-reactive ketones (excluding diaryl/α,β-unsaturated/α-hetero) is 1. The van der Waals surface area contributed by atoms with Crippen LogP contribution in [0, 0.1) is 0 Å². The van der Waals surface area contributed by atoms with Gasteiger partial charge >= 0.3 is 0 Å². The molecule has 0 fully saturated rings. The summed E-state index contributed by atoms with van der Waals surface area (Å²) in [5.41, 5.74) is 2.07. The molecule has 0 radical (unpaired) electrons. The van der Waals surface area contributed by atoms with E-state index in [2.05, 4.69) is 17.6 Å². The third kappa shape index (κ3) is 3.55. The Balaban J connectivity index is 2.17. The van der Waals surface area contributed by atoms with E-state index in [-0.39, 0.29) is 5.78 Å². The van der Waals surface area contributed by atoms with Gasteiger partial charge in [0.2, 0.25) is 0 Å². The zero-order chi connectivity index (χ0) is 13.8. The predicted octanol–water partition coefficient (Wildman–Crippen LogP) is 2.59. The highest BCUT2D eigenvalue weighted by Crippen LogP contribution is 2.23. The Morgan fingerprint density at radius 2 is 2.11 bits per heavy atom. The quantitative estimate of drug-likeness (QED) is 0.851. The van der Waals surface area contributed by atoms with Crippen LogP contribution in [-0.4, -0.2) is 36.3 Å². The van der Waals surface area contributed by atoms with Crippen molar-refractivity contribution < 1.29 is 4.79 Å². The molecular formula is C15H18N2OS. The second-order valence-electron chi connectivity index (χ2n) is 4.92. The number of carbonyl (C=O) groups excluding carboxylic acids is 1. The summed E-state index contributed by atoms with van der Waals surface area (Å²) in [7, 11) is 3.82. The maximum atomic E-state index is 11.8. The Morgan fingerprint density at radius 3 is 2.84 bits per heavy atom. The molecule has 1 aromatic carbocycles. The van der Waals surface area contributed by atoms with Crippen LogP contribution >= 0.6 is 12.6 Å². The van der Waals surface area contributed by atoms with Crippen molar-refractivity contribution in [2.24, 2.45) is 0 Å². The molecule has 3 nitrogen and oxygen atoms in total. The van der Waals surface area contributed by atoms with Crippen molar-refractivity contribution in [3.05, 3.63) is 36.0 Å². The lowest BCUT2D eigenvalue weighted by Gasteiger charge is -2.09. The van der Waals surface area contributed by atoms with Crippen molar-refractivity contribution in [1.82, 2.24) is 9.88 Å². The van der Waals surface area contributed by atoms with Gasteiger partial charge in [0, 0.05) is 22.9 Å². The van der Waals surface area contributed by atoms with Gasteiger partial charge in [0.25, 0.3) is 0 Å². The Labute approximate surface area is 119 Å². The van der Waals surface area contributed by atoms with Crippen molar-refractivity contribution in [2.75, 3.05) is 20.6 Å². The summed E-state index contributed by atoms with van der Waals surface area (Å²) in [4.78, 5) is 18.9. The molecule has 0 bridgehead atoms. The zero-order valence-corrected chi connectivity index (χ0v) is 12.2. The fourth-order valence-corrected chi connectivity index (χ4v) is 2.41. The van der Waals surface area contributed by atoms with Crippen molar-refractivity contribution in [2.45, 2.75) is 17.7 Å². The lowest BCUT2D eigenvalue weighted by molar-refractivity contribution is -0.119. The molecular weight excluding hydrogens is 256 g/mol. The van der Waals surface area contributed by atoms with Crippen LogP contribution in [0.2, 0.25) is 0 Å². The number of aromatic nitrogens is 1. The molecule has 1 heterocycles. The Hall–Kier alpha value is -1.39. The van der Waals surface area contributed by atoms with Gasteiger partial charge in [0.15, 0.2) is 0 Å². The summed E-state index contributed by atoms with van der Waals surface area (Å²) in [5.74, 6) is 0.261. The number of likely N-dealkylation sites (N-methyl/N-ethyl adjacent to an activating group) is 1. The summed E-state index contributed by atoms with van der Waals surface area (Å²) in [6, 6.07) is 7.92. The largest absolute Gasteiger partial charge is 0.302 e. The molecule has 0 spiro atoms. The summed E-state index contributed by atoms with van der Waals surface area (Å²) in [6.07, 6.45) is 3.10. The average Bonchev–Trinajstić information content (AvgIpc) is 2.36. The molecule has 100 valence electrons. The molecule has 1 aromatic heterocycles. The zero-order valence-electron chi connectivity index (χ0n) is 11.3. The highest BCUT2D eigenvalue weighted by molar-refractivity contribution is 7.80. The highest BCUT2D eigenvalue weighted by Gasteiger charge is 2.08. The first-order valence-electron chi connectivity index (χ1n) is 6.30. The van der Waals surface area contributed by atoms with Crippen LogP contribution in [0.4, 0.5) is 0 Å². The van der Waals surface area contributed by atoms with Gasteiger partial charge in [0.1, 0.15) is 5.78 Å². The molecule has 0 atom stereocenters. The molecule has 0 aliphatic carbocycles. The first kappa shape index (κ1) is 14.0. The number of hydrogen-bond donors (Lipinski definition) is 1. The maximum absolute atomic E-state index is 11.8. The van der Waals surface area contributed by atoms with Crippen LogP contribution < -0.4 is 0 Å². The van der Waals surface area contributed by atoms with Gasteiger partial charge in [-0.1, -0.05) is 12.1 Å². The SMILES string of the molecule is CN(C)CC(=O)CCc1ccnc2c(S)cccc12. The van der Waals surface area contributed by atoms with Crippen LogP contribution in [0.3, 0.4) is 0 Å². The lowest BCUT2D eigenvalue weighted by atomic mass is 10.0. The van der Waals surface area contributed by atoms with E-state index in [1.165, 1.54) is 0 Å². The van der Waals surface area contributed by atoms with Crippen LogP contribution in [0.15, 0.2) is 35.4 Å². The Kier molecular flexibility index (Phi) is 4.56. The van der Waals surface area contributed by atoms with Crippen LogP contribution in [0.5, 0.6) is 0 Å². The van der Waals surface area contributed by atoms with E-state index in [1.807, 2.05) is 43.3 Å². The first-order valence-corrected chi connectivity index (χ1v) is 6.74. The molecule has 2 rings (SSSR count). The van der Waals surface area contributed by atoms with Crippen molar-refractivity contribution in [1.29, 1.82) is 0 Å². The average molecular weight is 274 g/mol. The van der Waals surface area contributed by atoms with Crippen molar-refractivity contribution in [3.63, 3.8) is 0 Å². The highest BCUT2D eigenvalue weighted by atomic mass is 32.1. The number of thiol groups is 1. The van der Waals surface area contributed by atoms with Gasteiger partial charge in [-0.3, -0.25) is 9.78 Å². The summed E-state index contributed by atoms with van der Waals surface area (Å²) >= 11 is 4.42. The first-order chi connectivity index (χ1) is 9.08. The Morgan fingerprint density at radius 1 is 1.32 bits per heavy atom. The molecule has 2 aromatic rings. The minimum absolute atomic E-state index is 0.261. The summed E-state index contributed by atoms with van der Waals surface area (Å²) in [5, 5.41) is 1.09. The van der Waals surface area contributed by atoms with Crippen LogP contribution in [-0.2, 0) is 11.2 Å². The van der Waals surface area contributed by atoms with E-state index in [0.29, 0.717) is 13.0 Å². The number of rotatable bonds is 5. The second-order valence-corrected chi connectivity index (χ2v) is 5.40. The molecule has 0 unspecified atom stereocenters. The third-order valence-corrected chi connectivity index (χ3v) is 3.37.